The van der Waals surface area contributed by atoms with Crippen molar-refractivity contribution in [2.24, 2.45) is 4.99 Å². The summed E-state index contributed by atoms with van der Waals surface area (Å²) in [7, 11) is 0. The van der Waals surface area contributed by atoms with Gasteiger partial charge in [0.15, 0.2) is 0 Å². The van der Waals surface area contributed by atoms with Crippen molar-refractivity contribution in [3.05, 3.63) is 64.1 Å². The van der Waals surface area contributed by atoms with Gasteiger partial charge in [-0.2, -0.15) is 0 Å². The zero-order chi connectivity index (χ0) is 17.2. The van der Waals surface area contributed by atoms with Crippen molar-refractivity contribution >= 4 is 33.4 Å². The molecule has 2 aliphatic rings. The van der Waals surface area contributed by atoms with Crippen LogP contribution in [-0.4, -0.2) is 29.2 Å². The Balaban J connectivity index is 1.40. The summed E-state index contributed by atoms with van der Waals surface area (Å²) in [6.45, 7) is 1.42. The lowest BCUT2D eigenvalue weighted by molar-refractivity contribution is -0.124. The molecule has 1 atom stereocenters. The molecule has 128 valence electrons. The van der Waals surface area contributed by atoms with Crippen LogP contribution in [0.3, 0.4) is 0 Å². The summed E-state index contributed by atoms with van der Waals surface area (Å²) in [5.41, 5.74) is 3.44. The number of nitrogens with one attached hydrogen (secondary N) is 1. The number of carbonyl (C=O) groups is 1. The lowest BCUT2D eigenvalue weighted by Gasteiger charge is -2.30. The summed E-state index contributed by atoms with van der Waals surface area (Å²) >= 11 is 3.52. The third-order valence-corrected chi connectivity index (χ3v) is 5.33. The second-order valence-corrected chi connectivity index (χ2v) is 7.43. The fourth-order valence-corrected chi connectivity index (χ4v) is 3.95. The maximum absolute atomic E-state index is 12.7. The summed E-state index contributed by atoms with van der Waals surface area (Å²) in [5, 5.41) is 3.10. The Bertz CT molecular complexity index is 819. The molecular weight excluding hydrogens is 378 g/mol. The van der Waals surface area contributed by atoms with Crippen LogP contribution in [0.2, 0.25) is 0 Å². The van der Waals surface area contributed by atoms with Crippen LogP contribution < -0.4 is 5.32 Å². The van der Waals surface area contributed by atoms with Crippen LogP contribution in [0.4, 0.5) is 5.69 Å². The Morgan fingerprint density at radius 3 is 2.92 bits per heavy atom. The zero-order valence-corrected chi connectivity index (χ0v) is 15.5. The highest BCUT2D eigenvalue weighted by Gasteiger charge is 2.36. The molecule has 4 rings (SSSR count). The van der Waals surface area contributed by atoms with E-state index in [2.05, 4.69) is 44.3 Å². The van der Waals surface area contributed by atoms with Crippen molar-refractivity contribution in [2.45, 2.75) is 31.8 Å². The van der Waals surface area contributed by atoms with Crippen molar-refractivity contribution in [1.29, 1.82) is 0 Å². The molecule has 0 saturated carbocycles. The minimum absolute atomic E-state index is 0.110. The van der Waals surface area contributed by atoms with E-state index in [4.69, 9.17) is 4.99 Å². The quantitative estimate of drug-likeness (QED) is 0.851. The van der Waals surface area contributed by atoms with Gasteiger partial charge in [0.1, 0.15) is 11.9 Å². The van der Waals surface area contributed by atoms with Gasteiger partial charge in [0.2, 0.25) is 5.91 Å². The molecule has 0 spiro atoms. The highest BCUT2D eigenvalue weighted by atomic mass is 79.9. The number of halogens is 1. The molecule has 0 aliphatic carbocycles. The van der Waals surface area contributed by atoms with Crippen molar-refractivity contribution in [1.82, 2.24) is 10.2 Å². The summed E-state index contributed by atoms with van der Waals surface area (Å²) in [5.74, 6) is 1.15. The van der Waals surface area contributed by atoms with Gasteiger partial charge in [-0.1, -0.05) is 46.3 Å². The number of nitrogens with zero attached hydrogens (tertiary/aromatic N) is 2. The number of carbonyl (C=O) groups excluding carboxylic acids is 1. The second-order valence-electron chi connectivity index (χ2n) is 6.51. The first-order chi connectivity index (χ1) is 12.2. The largest absolute Gasteiger partial charge is 0.354 e. The number of rotatable bonds is 4. The number of hydrogen-bond donors (Lipinski definition) is 1. The van der Waals surface area contributed by atoms with E-state index in [9.17, 15) is 4.79 Å². The number of benzene rings is 2. The van der Waals surface area contributed by atoms with Crippen molar-refractivity contribution in [3.8, 4) is 0 Å². The Hall–Kier alpha value is -2.14. The minimum Gasteiger partial charge on any atom is -0.354 e. The molecule has 0 aromatic heterocycles. The van der Waals surface area contributed by atoms with Gasteiger partial charge in [0.05, 0.1) is 5.69 Å². The molecule has 2 aliphatic heterocycles. The number of amidine groups is 1. The van der Waals surface area contributed by atoms with Gasteiger partial charge >= 0.3 is 0 Å². The summed E-state index contributed by atoms with van der Waals surface area (Å²) in [4.78, 5) is 19.6. The average Bonchev–Trinajstić information content (AvgIpc) is 3.03. The molecular formula is C20H20BrN3O. The van der Waals surface area contributed by atoms with Crippen LogP contribution in [0.25, 0.3) is 0 Å². The van der Waals surface area contributed by atoms with Crippen LogP contribution in [-0.2, 0) is 17.8 Å². The number of hydrogen-bond acceptors (Lipinski definition) is 3. The highest BCUT2D eigenvalue weighted by Crippen LogP contribution is 2.34. The maximum Gasteiger partial charge on any atom is 0.242 e. The molecule has 2 aromatic rings. The van der Waals surface area contributed by atoms with E-state index in [1.807, 2.05) is 30.3 Å². The first kappa shape index (κ1) is 16.3. The van der Waals surface area contributed by atoms with Gasteiger partial charge < -0.3 is 10.2 Å². The van der Waals surface area contributed by atoms with E-state index in [0.717, 1.165) is 41.8 Å². The molecule has 1 fully saturated rings. The Kier molecular flexibility index (Phi) is 4.57. The molecule has 2 aromatic carbocycles. The van der Waals surface area contributed by atoms with E-state index >= 15 is 0 Å². The minimum atomic E-state index is -0.110. The third-order valence-electron chi connectivity index (χ3n) is 4.84. The van der Waals surface area contributed by atoms with Crippen LogP contribution in [0.1, 0.15) is 24.0 Å². The standard InChI is InChI=1S/C20H20BrN3O/c21-16-6-7-17-15(12-16)13-24-18(8-9-19(24)23-17)20(25)22-11-10-14-4-2-1-3-5-14/h1-7,12,18H,8-11,13H2,(H,22,25)/t18-/m0/s1. The zero-order valence-electron chi connectivity index (χ0n) is 13.9. The molecule has 0 bridgehead atoms. The van der Waals surface area contributed by atoms with E-state index < -0.39 is 0 Å². The van der Waals surface area contributed by atoms with Crippen LogP contribution in [0.5, 0.6) is 0 Å². The predicted molar refractivity (Wildman–Crippen MR) is 103 cm³/mol. The van der Waals surface area contributed by atoms with Crippen molar-refractivity contribution in [3.63, 3.8) is 0 Å². The van der Waals surface area contributed by atoms with Crippen molar-refractivity contribution < 1.29 is 4.79 Å². The Morgan fingerprint density at radius 2 is 2.08 bits per heavy atom. The Labute approximate surface area is 156 Å². The van der Waals surface area contributed by atoms with Gasteiger partial charge in [0.25, 0.3) is 0 Å². The fraction of sp³-hybridized carbons (Fsp3) is 0.300. The molecule has 25 heavy (non-hydrogen) atoms. The van der Waals surface area contributed by atoms with Crippen LogP contribution in [0.15, 0.2) is 58.0 Å². The normalized spacial score (nSPS) is 18.4. The van der Waals surface area contributed by atoms with Gasteiger partial charge in [-0.05, 0) is 42.2 Å². The maximum atomic E-state index is 12.7. The molecule has 5 heteroatoms. The monoisotopic (exact) mass is 397 g/mol. The second kappa shape index (κ2) is 7.00. The lowest BCUT2D eigenvalue weighted by Crippen LogP contribution is -2.45. The number of aliphatic imine (C=N–C) groups is 1. The molecule has 2 heterocycles. The molecule has 1 amide bonds. The third kappa shape index (κ3) is 3.47. The van der Waals surface area contributed by atoms with E-state index in [1.165, 1.54) is 11.1 Å². The van der Waals surface area contributed by atoms with E-state index in [1.54, 1.807) is 0 Å². The first-order valence-electron chi connectivity index (χ1n) is 8.65. The number of fused-ring (bicyclic) bond motifs is 2. The molecule has 0 radical (unpaired) electrons. The fourth-order valence-electron chi connectivity index (χ4n) is 3.54. The summed E-state index contributed by atoms with van der Waals surface area (Å²) in [6, 6.07) is 16.3. The van der Waals surface area contributed by atoms with Crippen LogP contribution in [0, 0.1) is 0 Å². The molecule has 1 saturated heterocycles. The van der Waals surface area contributed by atoms with Gasteiger partial charge in [-0.3, -0.25) is 4.79 Å². The molecule has 4 nitrogen and oxygen atoms in total. The van der Waals surface area contributed by atoms with Gasteiger partial charge in [-0.25, -0.2) is 4.99 Å². The van der Waals surface area contributed by atoms with Gasteiger partial charge in [-0.15, -0.1) is 0 Å². The topological polar surface area (TPSA) is 44.7 Å². The molecule has 0 unspecified atom stereocenters. The SMILES string of the molecule is O=C(NCCc1ccccc1)[C@@H]1CCC2=Nc3ccc(Br)cc3CN21. The lowest BCUT2D eigenvalue weighted by atomic mass is 10.1. The van der Waals surface area contributed by atoms with E-state index in [0.29, 0.717) is 6.54 Å². The highest BCUT2D eigenvalue weighted by molar-refractivity contribution is 9.10. The summed E-state index contributed by atoms with van der Waals surface area (Å²) in [6.07, 6.45) is 2.56. The van der Waals surface area contributed by atoms with Crippen molar-refractivity contribution in [2.75, 3.05) is 6.54 Å². The first-order valence-corrected chi connectivity index (χ1v) is 9.44. The number of amides is 1. The summed E-state index contributed by atoms with van der Waals surface area (Å²) < 4.78 is 1.05. The Morgan fingerprint density at radius 1 is 1.24 bits per heavy atom. The smallest absolute Gasteiger partial charge is 0.242 e. The van der Waals surface area contributed by atoms with Gasteiger partial charge in [0, 0.05) is 24.0 Å². The predicted octanol–water partition coefficient (Wildman–Crippen LogP) is 3.82. The van der Waals surface area contributed by atoms with Crippen LogP contribution >= 0.6 is 15.9 Å². The van der Waals surface area contributed by atoms with E-state index in [-0.39, 0.29) is 11.9 Å². The molecule has 1 N–H and O–H groups in total. The average molecular weight is 398 g/mol.